The summed E-state index contributed by atoms with van der Waals surface area (Å²) in [5.74, 6) is 0.596. The van der Waals surface area contributed by atoms with E-state index in [0.29, 0.717) is 34.7 Å². The molecule has 3 rings (SSSR count). The summed E-state index contributed by atoms with van der Waals surface area (Å²) in [4.78, 5) is 15.7. The molecule has 152 valence electrons. The number of carbonyl (C=O) groups excluding carboxylic acids is 1. The number of amides is 1. The van der Waals surface area contributed by atoms with Crippen LogP contribution in [0.15, 0.2) is 53.6 Å². The zero-order valence-corrected chi connectivity index (χ0v) is 17.0. The number of nitrogens with zero attached hydrogens (tertiary/aromatic N) is 1. The number of benzene rings is 2. The molecule has 0 unspecified atom stereocenters. The van der Waals surface area contributed by atoms with Gasteiger partial charge in [-0.1, -0.05) is 0 Å². The summed E-state index contributed by atoms with van der Waals surface area (Å²) in [6, 6.07) is 11.0. The number of carbonyl (C=O) groups is 1. The lowest BCUT2D eigenvalue weighted by Crippen LogP contribution is -2.15. The van der Waals surface area contributed by atoms with E-state index >= 15 is 0 Å². The SMILES string of the molecule is CCOc1ccc(S(=O)(=O)Nc2ccc(OC)c3ncccc23)cc1NC(C)=O. The molecule has 29 heavy (non-hydrogen) atoms. The van der Waals surface area contributed by atoms with E-state index < -0.39 is 10.0 Å². The van der Waals surface area contributed by atoms with Crippen LogP contribution in [0.5, 0.6) is 11.5 Å². The van der Waals surface area contributed by atoms with Gasteiger partial charge in [0.1, 0.15) is 17.0 Å². The van der Waals surface area contributed by atoms with Crippen LogP contribution in [0, 0.1) is 0 Å². The minimum Gasteiger partial charge on any atom is -0.494 e. The zero-order chi connectivity index (χ0) is 21.0. The van der Waals surface area contributed by atoms with Gasteiger partial charge in [0.2, 0.25) is 5.91 Å². The average Bonchev–Trinajstić information content (AvgIpc) is 2.69. The van der Waals surface area contributed by atoms with Crippen molar-refractivity contribution in [2.45, 2.75) is 18.7 Å². The van der Waals surface area contributed by atoms with Gasteiger partial charge in [-0.2, -0.15) is 0 Å². The molecular formula is C20H21N3O5S. The minimum absolute atomic E-state index is 0.0161. The Morgan fingerprint density at radius 1 is 1.10 bits per heavy atom. The maximum Gasteiger partial charge on any atom is 0.261 e. The summed E-state index contributed by atoms with van der Waals surface area (Å²) >= 11 is 0. The van der Waals surface area contributed by atoms with Gasteiger partial charge >= 0.3 is 0 Å². The molecule has 0 atom stereocenters. The standard InChI is InChI=1S/C20H21N3O5S/c1-4-28-18-9-7-14(12-17(18)22-13(2)24)29(25,26)23-16-8-10-19(27-3)20-15(16)6-5-11-21-20/h5-12,23H,4H2,1-3H3,(H,22,24). The van der Waals surface area contributed by atoms with Crippen LogP contribution in [-0.2, 0) is 14.8 Å². The molecule has 3 aromatic rings. The lowest BCUT2D eigenvalue weighted by atomic mass is 10.2. The second kappa shape index (κ2) is 8.36. The van der Waals surface area contributed by atoms with Crippen LogP contribution in [0.2, 0.25) is 0 Å². The van der Waals surface area contributed by atoms with Crippen LogP contribution in [0.25, 0.3) is 10.9 Å². The molecule has 1 aromatic heterocycles. The fourth-order valence-electron chi connectivity index (χ4n) is 2.85. The van der Waals surface area contributed by atoms with Crippen LogP contribution in [0.4, 0.5) is 11.4 Å². The van der Waals surface area contributed by atoms with E-state index in [1.165, 1.54) is 32.2 Å². The van der Waals surface area contributed by atoms with Crippen molar-refractivity contribution in [3.05, 3.63) is 48.7 Å². The van der Waals surface area contributed by atoms with Gasteiger partial charge in [-0.3, -0.25) is 14.5 Å². The largest absolute Gasteiger partial charge is 0.494 e. The molecule has 8 nitrogen and oxygen atoms in total. The van der Waals surface area contributed by atoms with E-state index in [-0.39, 0.29) is 16.5 Å². The molecule has 1 heterocycles. The molecule has 0 radical (unpaired) electrons. The number of ether oxygens (including phenoxy) is 2. The second-order valence-corrected chi connectivity index (χ2v) is 7.78. The Morgan fingerprint density at radius 2 is 1.86 bits per heavy atom. The van der Waals surface area contributed by atoms with E-state index in [9.17, 15) is 13.2 Å². The van der Waals surface area contributed by atoms with Gasteiger partial charge < -0.3 is 14.8 Å². The fourth-order valence-corrected chi connectivity index (χ4v) is 3.95. The van der Waals surface area contributed by atoms with Gasteiger partial charge in [0.05, 0.1) is 30.0 Å². The Kier molecular flexibility index (Phi) is 5.88. The molecule has 0 aliphatic carbocycles. The predicted molar refractivity (Wildman–Crippen MR) is 111 cm³/mol. The molecule has 0 fully saturated rings. The Morgan fingerprint density at radius 3 is 2.55 bits per heavy atom. The first-order valence-corrected chi connectivity index (χ1v) is 10.3. The number of hydrogen-bond donors (Lipinski definition) is 2. The number of aromatic nitrogens is 1. The highest BCUT2D eigenvalue weighted by Crippen LogP contribution is 2.33. The van der Waals surface area contributed by atoms with Crippen molar-refractivity contribution in [1.29, 1.82) is 0 Å². The maximum absolute atomic E-state index is 13.0. The maximum atomic E-state index is 13.0. The molecule has 1 amide bonds. The van der Waals surface area contributed by atoms with Crippen LogP contribution in [-0.4, -0.2) is 33.0 Å². The summed E-state index contributed by atoms with van der Waals surface area (Å²) in [5, 5.41) is 3.20. The number of sulfonamides is 1. The van der Waals surface area contributed by atoms with Gasteiger partial charge in [-0.05, 0) is 49.4 Å². The van der Waals surface area contributed by atoms with Gasteiger partial charge in [0.15, 0.2) is 0 Å². The van der Waals surface area contributed by atoms with E-state index in [2.05, 4.69) is 15.0 Å². The molecule has 0 spiro atoms. The van der Waals surface area contributed by atoms with Crippen molar-refractivity contribution in [2.75, 3.05) is 23.8 Å². The van der Waals surface area contributed by atoms with Gasteiger partial charge in [-0.25, -0.2) is 8.42 Å². The number of anilines is 2. The summed E-state index contributed by atoms with van der Waals surface area (Å²) in [5.41, 5.74) is 1.19. The highest BCUT2D eigenvalue weighted by atomic mass is 32.2. The molecule has 0 aliphatic rings. The molecule has 9 heteroatoms. The first kappa shape index (κ1) is 20.4. The van der Waals surface area contributed by atoms with Crippen molar-refractivity contribution in [1.82, 2.24) is 4.98 Å². The minimum atomic E-state index is -3.94. The summed E-state index contributed by atoms with van der Waals surface area (Å²) in [6.07, 6.45) is 1.61. The third-order valence-electron chi connectivity index (χ3n) is 4.07. The molecule has 0 saturated carbocycles. The van der Waals surface area contributed by atoms with Crippen molar-refractivity contribution >= 4 is 38.2 Å². The van der Waals surface area contributed by atoms with Crippen LogP contribution >= 0.6 is 0 Å². The summed E-state index contributed by atoms with van der Waals surface area (Å²) in [7, 11) is -2.42. The number of methoxy groups -OCH3 is 1. The first-order valence-electron chi connectivity index (χ1n) is 8.84. The number of nitrogens with one attached hydrogen (secondary N) is 2. The lowest BCUT2D eigenvalue weighted by Gasteiger charge is -2.15. The number of hydrogen-bond acceptors (Lipinski definition) is 6. The van der Waals surface area contributed by atoms with Crippen molar-refractivity contribution in [3.63, 3.8) is 0 Å². The zero-order valence-electron chi connectivity index (χ0n) is 16.2. The van der Waals surface area contributed by atoms with E-state index in [0.717, 1.165) is 0 Å². The smallest absolute Gasteiger partial charge is 0.261 e. The Bertz CT molecular complexity index is 1160. The van der Waals surface area contributed by atoms with E-state index in [1.54, 1.807) is 37.4 Å². The third kappa shape index (κ3) is 4.40. The molecular weight excluding hydrogens is 394 g/mol. The van der Waals surface area contributed by atoms with Crippen molar-refractivity contribution in [3.8, 4) is 11.5 Å². The lowest BCUT2D eigenvalue weighted by molar-refractivity contribution is -0.114. The normalized spacial score (nSPS) is 11.1. The molecule has 2 N–H and O–H groups in total. The topological polar surface area (TPSA) is 107 Å². The highest BCUT2D eigenvalue weighted by molar-refractivity contribution is 7.92. The van der Waals surface area contributed by atoms with Gasteiger partial charge in [0, 0.05) is 18.5 Å². The molecule has 0 bridgehead atoms. The third-order valence-corrected chi connectivity index (χ3v) is 5.43. The Labute approximate surface area is 168 Å². The van der Waals surface area contributed by atoms with Crippen LogP contribution in [0.1, 0.15) is 13.8 Å². The van der Waals surface area contributed by atoms with Gasteiger partial charge in [0.25, 0.3) is 10.0 Å². The van der Waals surface area contributed by atoms with Crippen molar-refractivity contribution in [2.24, 2.45) is 0 Å². The average molecular weight is 415 g/mol. The number of rotatable bonds is 7. The van der Waals surface area contributed by atoms with Crippen LogP contribution in [0.3, 0.4) is 0 Å². The summed E-state index contributed by atoms with van der Waals surface area (Å²) in [6.45, 7) is 3.51. The van der Waals surface area contributed by atoms with Crippen molar-refractivity contribution < 1.29 is 22.7 Å². The number of pyridine rings is 1. The molecule has 0 saturated heterocycles. The number of fused-ring (bicyclic) bond motifs is 1. The second-order valence-electron chi connectivity index (χ2n) is 6.09. The van der Waals surface area contributed by atoms with E-state index in [1.807, 2.05) is 0 Å². The fraction of sp³-hybridized carbons (Fsp3) is 0.200. The van der Waals surface area contributed by atoms with Gasteiger partial charge in [-0.15, -0.1) is 0 Å². The van der Waals surface area contributed by atoms with Crippen LogP contribution < -0.4 is 19.5 Å². The summed E-state index contributed by atoms with van der Waals surface area (Å²) < 4.78 is 39.3. The predicted octanol–water partition coefficient (Wildman–Crippen LogP) is 3.40. The quantitative estimate of drug-likeness (QED) is 0.613. The molecule has 0 aliphatic heterocycles. The Balaban J connectivity index is 2.02. The Hall–Kier alpha value is -3.33. The van der Waals surface area contributed by atoms with E-state index in [4.69, 9.17) is 9.47 Å². The monoisotopic (exact) mass is 415 g/mol. The molecule has 2 aromatic carbocycles. The first-order chi connectivity index (χ1) is 13.9. The highest BCUT2D eigenvalue weighted by Gasteiger charge is 2.19.